The molecule has 4 N–H and O–H groups in total. The van der Waals surface area contributed by atoms with E-state index >= 15 is 0 Å². The molecule has 1 amide bonds. The molecule has 2 rings (SSSR count). The minimum Gasteiger partial charge on any atom is -0.345 e. The van der Waals surface area contributed by atoms with Crippen LogP contribution in [0, 0.1) is 6.92 Å². The first kappa shape index (κ1) is 14.8. The van der Waals surface area contributed by atoms with Crippen molar-refractivity contribution in [2.24, 2.45) is 5.84 Å². The standard InChI is InChI=1S/C14H16ClN3OS/c1-8-3-4-10(11(7-8)18-16)14(19)17-9(2)12-5-6-13(15)20-12/h3-7,9,18H,16H2,1-2H3,(H,17,19). The second-order valence-electron chi connectivity index (χ2n) is 4.53. The first-order valence-electron chi connectivity index (χ1n) is 6.14. The van der Waals surface area contributed by atoms with Gasteiger partial charge in [0.05, 0.1) is 21.6 Å². The highest BCUT2D eigenvalue weighted by Crippen LogP contribution is 2.27. The number of thiophene rings is 1. The monoisotopic (exact) mass is 309 g/mol. The van der Waals surface area contributed by atoms with Crippen LogP contribution < -0.4 is 16.6 Å². The number of nitrogen functional groups attached to an aromatic ring is 1. The Kier molecular flexibility index (Phi) is 4.65. The fraction of sp³-hybridized carbons (Fsp3) is 0.214. The molecule has 1 atom stereocenters. The van der Waals surface area contributed by atoms with E-state index in [0.29, 0.717) is 15.6 Å². The molecule has 0 fully saturated rings. The van der Waals surface area contributed by atoms with Crippen molar-refractivity contribution in [3.8, 4) is 0 Å². The van der Waals surface area contributed by atoms with Crippen LogP contribution in [-0.4, -0.2) is 5.91 Å². The lowest BCUT2D eigenvalue weighted by molar-refractivity contribution is 0.0941. The fourth-order valence-electron chi connectivity index (χ4n) is 1.88. The van der Waals surface area contributed by atoms with E-state index in [-0.39, 0.29) is 11.9 Å². The van der Waals surface area contributed by atoms with Gasteiger partial charge in [-0.15, -0.1) is 11.3 Å². The van der Waals surface area contributed by atoms with Crippen molar-refractivity contribution in [1.29, 1.82) is 0 Å². The number of rotatable bonds is 4. The maximum Gasteiger partial charge on any atom is 0.253 e. The van der Waals surface area contributed by atoms with Crippen molar-refractivity contribution in [3.05, 3.63) is 50.7 Å². The number of carbonyl (C=O) groups is 1. The summed E-state index contributed by atoms with van der Waals surface area (Å²) in [6.45, 7) is 3.86. The van der Waals surface area contributed by atoms with Crippen LogP contribution in [0.1, 0.15) is 33.8 Å². The Balaban J connectivity index is 2.16. The van der Waals surface area contributed by atoms with Gasteiger partial charge in [-0.25, -0.2) is 0 Å². The SMILES string of the molecule is Cc1ccc(C(=O)NC(C)c2ccc(Cl)s2)c(NN)c1. The molecule has 4 nitrogen and oxygen atoms in total. The molecule has 0 aliphatic rings. The molecule has 1 heterocycles. The predicted molar refractivity (Wildman–Crippen MR) is 84.2 cm³/mol. The molecule has 0 bridgehead atoms. The molecule has 6 heteroatoms. The van der Waals surface area contributed by atoms with Crippen LogP contribution in [0.3, 0.4) is 0 Å². The van der Waals surface area contributed by atoms with E-state index in [1.54, 1.807) is 6.07 Å². The number of nitrogens with one attached hydrogen (secondary N) is 2. The summed E-state index contributed by atoms with van der Waals surface area (Å²) >= 11 is 7.36. The second-order valence-corrected chi connectivity index (χ2v) is 6.28. The Labute approximate surface area is 126 Å². The highest BCUT2D eigenvalue weighted by Gasteiger charge is 2.15. The zero-order valence-electron chi connectivity index (χ0n) is 11.2. The van der Waals surface area contributed by atoms with Crippen molar-refractivity contribution >= 4 is 34.5 Å². The van der Waals surface area contributed by atoms with Crippen molar-refractivity contribution < 1.29 is 4.79 Å². The number of benzene rings is 1. The summed E-state index contributed by atoms with van der Waals surface area (Å²) < 4.78 is 0.709. The van der Waals surface area contributed by atoms with Crippen molar-refractivity contribution in [1.82, 2.24) is 5.32 Å². The Bertz CT molecular complexity index is 627. The third-order valence-electron chi connectivity index (χ3n) is 2.94. The molecule has 0 aliphatic carbocycles. The highest BCUT2D eigenvalue weighted by molar-refractivity contribution is 7.16. The maximum atomic E-state index is 12.3. The van der Waals surface area contributed by atoms with Gasteiger partial charge in [0.2, 0.25) is 0 Å². The van der Waals surface area contributed by atoms with Crippen LogP contribution in [0.15, 0.2) is 30.3 Å². The van der Waals surface area contributed by atoms with Crippen LogP contribution in [0.4, 0.5) is 5.69 Å². The number of hydrazine groups is 1. The van der Waals surface area contributed by atoms with Crippen LogP contribution >= 0.6 is 22.9 Å². The lowest BCUT2D eigenvalue weighted by Gasteiger charge is -2.14. The lowest BCUT2D eigenvalue weighted by Crippen LogP contribution is -2.27. The molecule has 1 aromatic heterocycles. The Morgan fingerprint density at radius 2 is 2.10 bits per heavy atom. The lowest BCUT2D eigenvalue weighted by atomic mass is 10.1. The quantitative estimate of drug-likeness (QED) is 0.598. The number of halogens is 1. The number of hydrogen-bond acceptors (Lipinski definition) is 4. The number of anilines is 1. The average molecular weight is 310 g/mol. The molecule has 0 spiro atoms. The minimum atomic E-state index is -0.171. The first-order valence-corrected chi connectivity index (χ1v) is 7.34. The number of nitrogens with two attached hydrogens (primary N) is 1. The first-order chi connectivity index (χ1) is 9.51. The predicted octanol–water partition coefficient (Wildman–Crippen LogP) is 3.49. The van der Waals surface area contributed by atoms with E-state index < -0.39 is 0 Å². The van der Waals surface area contributed by atoms with Crippen molar-refractivity contribution in [2.45, 2.75) is 19.9 Å². The zero-order chi connectivity index (χ0) is 14.7. The largest absolute Gasteiger partial charge is 0.345 e. The van der Waals surface area contributed by atoms with Gasteiger partial charge in [-0.05, 0) is 43.7 Å². The van der Waals surface area contributed by atoms with Crippen molar-refractivity contribution in [3.63, 3.8) is 0 Å². The van der Waals surface area contributed by atoms with Crippen molar-refractivity contribution in [2.75, 3.05) is 5.43 Å². The summed E-state index contributed by atoms with van der Waals surface area (Å²) in [5, 5.41) is 2.94. The molecule has 20 heavy (non-hydrogen) atoms. The third kappa shape index (κ3) is 3.30. The average Bonchev–Trinajstić information content (AvgIpc) is 2.85. The van der Waals surface area contributed by atoms with E-state index in [1.165, 1.54) is 11.3 Å². The molecule has 1 unspecified atom stereocenters. The van der Waals surface area contributed by atoms with Gasteiger partial charge in [-0.2, -0.15) is 0 Å². The number of carbonyl (C=O) groups excluding carboxylic acids is 1. The maximum absolute atomic E-state index is 12.3. The molecular weight excluding hydrogens is 294 g/mol. The molecule has 106 valence electrons. The van der Waals surface area contributed by atoms with E-state index in [0.717, 1.165) is 10.4 Å². The molecule has 0 saturated heterocycles. The number of amides is 1. The molecule has 0 saturated carbocycles. The second kappa shape index (κ2) is 6.26. The zero-order valence-corrected chi connectivity index (χ0v) is 12.8. The van der Waals surface area contributed by atoms with Crippen LogP contribution in [0.5, 0.6) is 0 Å². The van der Waals surface area contributed by atoms with E-state index in [2.05, 4.69) is 10.7 Å². The Morgan fingerprint density at radius 3 is 2.70 bits per heavy atom. The van der Waals surface area contributed by atoms with Gasteiger partial charge < -0.3 is 10.7 Å². The van der Waals surface area contributed by atoms with Gasteiger partial charge in [0, 0.05) is 4.88 Å². The highest BCUT2D eigenvalue weighted by atomic mass is 35.5. The third-order valence-corrected chi connectivity index (χ3v) is 4.36. The molecule has 0 aliphatic heterocycles. The number of aryl methyl sites for hydroxylation is 1. The van der Waals surface area contributed by atoms with Gasteiger partial charge in [0.1, 0.15) is 0 Å². The molecular formula is C14H16ClN3OS. The minimum absolute atomic E-state index is 0.105. The summed E-state index contributed by atoms with van der Waals surface area (Å²) in [6, 6.07) is 9.10. The smallest absolute Gasteiger partial charge is 0.253 e. The van der Waals surface area contributed by atoms with Crippen LogP contribution in [-0.2, 0) is 0 Å². The van der Waals surface area contributed by atoms with E-state index in [1.807, 2.05) is 38.1 Å². The van der Waals surface area contributed by atoms with E-state index in [4.69, 9.17) is 17.4 Å². The summed E-state index contributed by atoms with van der Waals surface area (Å²) in [5.41, 5.74) is 4.72. The molecule has 0 radical (unpaired) electrons. The normalized spacial score (nSPS) is 12.0. The Morgan fingerprint density at radius 1 is 1.35 bits per heavy atom. The fourth-order valence-corrected chi connectivity index (χ4v) is 2.95. The van der Waals surface area contributed by atoms with Gasteiger partial charge >= 0.3 is 0 Å². The summed E-state index contributed by atoms with van der Waals surface area (Å²) in [7, 11) is 0. The van der Waals surface area contributed by atoms with E-state index in [9.17, 15) is 4.79 Å². The number of hydrogen-bond donors (Lipinski definition) is 3. The van der Waals surface area contributed by atoms with Gasteiger partial charge in [0.15, 0.2) is 0 Å². The van der Waals surface area contributed by atoms with Gasteiger partial charge in [0.25, 0.3) is 5.91 Å². The van der Waals surface area contributed by atoms with Crippen LogP contribution in [0.25, 0.3) is 0 Å². The van der Waals surface area contributed by atoms with Gasteiger partial charge in [-0.1, -0.05) is 17.7 Å². The molecule has 2 aromatic rings. The molecule has 1 aromatic carbocycles. The van der Waals surface area contributed by atoms with Gasteiger partial charge in [-0.3, -0.25) is 10.6 Å². The Hall–Kier alpha value is -1.56. The summed E-state index contributed by atoms with van der Waals surface area (Å²) in [5.74, 6) is 5.29. The topological polar surface area (TPSA) is 67.2 Å². The van der Waals surface area contributed by atoms with Crippen LogP contribution in [0.2, 0.25) is 4.34 Å². The summed E-state index contributed by atoms with van der Waals surface area (Å²) in [6.07, 6.45) is 0. The summed E-state index contributed by atoms with van der Waals surface area (Å²) in [4.78, 5) is 13.3.